The highest BCUT2D eigenvalue weighted by Crippen LogP contribution is 2.28. The Bertz CT molecular complexity index is 705. The second-order valence-electron chi connectivity index (χ2n) is 9.79. The number of piperidine rings is 3. The third kappa shape index (κ3) is 4.57. The van der Waals surface area contributed by atoms with E-state index in [1.165, 1.54) is 44.5 Å². The normalized spacial score (nSPS) is 31.6. The summed E-state index contributed by atoms with van der Waals surface area (Å²) in [5.41, 5.74) is 8.05. The zero-order chi connectivity index (χ0) is 20.3. The van der Waals surface area contributed by atoms with Gasteiger partial charge in [-0.25, -0.2) is 0 Å². The number of carbonyl (C=O) groups is 1. The molecule has 6 heteroatoms. The van der Waals surface area contributed by atoms with Gasteiger partial charge in [-0.1, -0.05) is 30.3 Å². The van der Waals surface area contributed by atoms with Crippen molar-refractivity contribution in [2.45, 2.75) is 50.7 Å². The SMILES string of the molecule is O=C(C1CCCN(C2CCN(Cc3ccccc3)CC2)C1)N1CCC2NNCC2C1. The van der Waals surface area contributed by atoms with Crippen molar-refractivity contribution in [2.24, 2.45) is 11.8 Å². The molecule has 30 heavy (non-hydrogen) atoms. The van der Waals surface area contributed by atoms with Crippen LogP contribution in [0.15, 0.2) is 30.3 Å². The van der Waals surface area contributed by atoms with Crippen molar-refractivity contribution in [3.8, 4) is 0 Å². The zero-order valence-electron chi connectivity index (χ0n) is 18.1. The first kappa shape index (κ1) is 20.4. The minimum absolute atomic E-state index is 0.208. The van der Waals surface area contributed by atoms with Gasteiger partial charge in [-0.15, -0.1) is 0 Å². The maximum absolute atomic E-state index is 13.3. The van der Waals surface area contributed by atoms with Gasteiger partial charge >= 0.3 is 0 Å². The summed E-state index contributed by atoms with van der Waals surface area (Å²) in [6, 6.07) is 12.0. The lowest BCUT2D eigenvalue weighted by Crippen LogP contribution is -2.53. The average molecular weight is 412 g/mol. The van der Waals surface area contributed by atoms with E-state index in [0.717, 1.165) is 45.6 Å². The third-order valence-corrected chi connectivity index (χ3v) is 7.82. The van der Waals surface area contributed by atoms with Crippen molar-refractivity contribution in [1.29, 1.82) is 0 Å². The molecule has 1 aromatic carbocycles. The third-order valence-electron chi connectivity index (χ3n) is 7.82. The number of benzene rings is 1. The number of rotatable bonds is 4. The lowest BCUT2D eigenvalue weighted by molar-refractivity contribution is -0.139. The van der Waals surface area contributed by atoms with E-state index in [9.17, 15) is 4.79 Å². The van der Waals surface area contributed by atoms with Crippen LogP contribution in [-0.4, -0.2) is 78.5 Å². The Kier molecular flexibility index (Phi) is 6.37. The predicted octanol–water partition coefficient (Wildman–Crippen LogP) is 1.69. The summed E-state index contributed by atoms with van der Waals surface area (Å²) in [6.45, 7) is 8.39. The number of hydrogen-bond acceptors (Lipinski definition) is 5. The largest absolute Gasteiger partial charge is 0.342 e. The molecule has 4 fully saturated rings. The first-order chi connectivity index (χ1) is 14.8. The first-order valence-electron chi connectivity index (χ1n) is 12.0. The van der Waals surface area contributed by atoms with Gasteiger partial charge < -0.3 is 4.90 Å². The van der Waals surface area contributed by atoms with Crippen LogP contribution >= 0.6 is 0 Å². The molecule has 3 atom stereocenters. The molecule has 1 aromatic rings. The minimum atomic E-state index is 0.208. The van der Waals surface area contributed by atoms with Crippen LogP contribution in [0.1, 0.15) is 37.7 Å². The monoisotopic (exact) mass is 411 g/mol. The van der Waals surface area contributed by atoms with Crippen molar-refractivity contribution in [3.63, 3.8) is 0 Å². The Morgan fingerprint density at radius 3 is 2.63 bits per heavy atom. The summed E-state index contributed by atoms with van der Waals surface area (Å²) in [4.78, 5) is 20.7. The fraction of sp³-hybridized carbons (Fsp3) is 0.708. The van der Waals surface area contributed by atoms with Crippen molar-refractivity contribution in [1.82, 2.24) is 25.6 Å². The number of nitrogens with zero attached hydrogens (tertiary/aromatic N) is 3. The Labute approximate surface area is 180 Å². The zero-order valence-corrected chi connectivity index (χ0v) is 18.1. The molecule has 2 N–H and O–H groups in total. The smallest absolute Gasteiger partial charge is 0.226 e. The van der Waals surface area contributed by atoms with Crippen LogP contribution in [0.4, 0.5) is 0 Å². The molecule has 5 rings (SSSR count). The highest BCUT2D eigenvalue weighted by atomic mass is 16.2. The van der Waals surface area contributed by atoms with E-state index < -0.39 is 0 Å². The van der Waals surface area contributed by atoms with Gasteiger partial charge in [0.2, 0.25) is 5.91 Å². The molecule has 6 nitrogen and oxygen atoms in total. The molecule has 164 valence electrons. The van der Waals surface area contributed by atoms with Crippen LogP contribution in [-0.2, 0) is 11.3 Å². The fourth-order valence-corrected chi connectivity index (χ4v) is 6.03. The van der Waals surface area contributed by atoms with E-state index in [2.05, 4.69) is 55.9 Å². The highest BCUT2D eigenvalue weighted by molar-refractivity contribution is 5.79. The number of nitrogens with one attached hydrogen (secondary N) is 2. The summed E-state index contributed by atoms with van der Waals surface area (Å²) in [5, 5.41) is 0. The van der Waals surface area contributed by atoms with Gasteiger partial charge in [-0.3, -0.25) is 25.4 Å². The van der Waals surface area contributed by atoms with Crippen LogP contribution in [0, 0.1) is 11.8 Å². The fourth-order valence-electron chi connectivity index (χ4n) is 6.03. The van der Waals surface area contributed by atoms with E-state index in [1.54, 1.807) is 0 Å². The van der Waals surface area contributed by atoms with Crippen LogP contribution in [0.5, 0.6) is 0 Å². The maximum atomic E-state index is 13.3. The molecule has 0 aliphatic carbocycles. The standard InChI is InChI=1S/C24H37N5O/c30-24(29-14-10-23-21(18-29)15-25-26-23)20-7-4-11-28(17-20)22-8-12-27(13-9-22)16-19-5-2-1-3-6-19/h1-3,5-6,20-23,25-26H,4,7-18H2. The van der Waals surface area contributed by atoms with E-state index in [4.69, 9.17) is 0 Å². The Balaban J connectivity index is 1.11. The van der Waals surface area contributed by atoms with Crippen molar-refractivity contribution >= 4 is 5.91 Å². The second kappa shape index (κ2) is 9.35. The van der Waals surface area contributed by atoms with E-state index in [-0.39, 0.29) is 5.92 Å². The topological polar surface area (TPSA) is 50.9 Å². The van der Waals surface area contributed by atoms with Gasteiger partial charge in [-0.2, -0.15) is 0 Å². The van der Waals surface area contributed by atoms with Crippen LogP contribution < -0.4 is 10.9 Å². The van der Waals surface area contributed by atoms with E-state index in [0.29, 0.717) is 23.9 Å². The number of likely N-dealkylation sites (tertiary alicyclic amines) is 3. The quantitative estimate of drug-likeness (QED) is 0.790. The van der Waals surface area contributed by atoms with Crippen molar-refractivity contribution in [3.05, 3.63) is 35.9 Å². The summed E-state index contributed by atoms with van der Waals surface area (Å²) in [5.74, 6) is 1.21. The minimum Gasteiger partial charge on any atom is -0.342 e. The summed E-state index contributed by atoms with van der Waals surface area (Å²) < 4.78 is 0. The number of hydrazine groups is 1. The average Bonchev–Trinajstić information content (AvgIpc) is 3.28. The number of carbonyl (C=O) groups excluding carboxylic acids is 1. The molecular formula is C24H37N5O. The molecule has 4 saturated heterocycles. The molecule has 1 amide bonds. The Morgan fingerprint density at radius 1 is 0.967 bits per heavy atom. The number of amides is 1. The molecular weight excluding hydrogens is 374 g/mol. The summed E-state index contributed by atoms with van der Waals surface area (Å²) in [7, 11) is 0. The molecule has 4 aliphatic rings. The highest BCUT2D eigenvalue weighted by Gasteiger charge is 2.38. The lowest BCUT2D eigenvalue weighted by Gasteiger charge is -2.43. The van der Waals surface area contributed by atoms with Gasteiger partial charge in [0.05, 0.1) is 5.92 Å². The van der Waals surface area contributed by atoms with Crippen LogP contribution in [0.25, 0.3) is 0 Å². The first-order valence-corrected chi connectivity index (χ1v) is 12.0. The van der Waals surface area contributed by atoms with Crippen LogP contribution in [0.3, 0.4) is 0 Å². The van der Waals surface area contributed by atoms with Crippen LogP contribution in [0.2, 0.25) is 0 Å². The molecule has 3 unspecified atom stereocenters. The molecule has 4 aliphatic heterocycles. The molecule has 0 bridgehead atoms. The van der Waals surface area contributed by atoms with Gasteiger partial charge in [0.25, 0.3) is 0 Å². The predicted molar refractivity (Wildman–Crippen MR) is 119 cm³/mol. The number of fused-ring (bicyclic) bond motifs is 1. The Hall–Kier alpha value is -1.47. The van der Waals surface area contributed by atoms with Gasteiger partial charge in [0.15, 0.2) is 0 Å². The molecule has 0 spiro atoms. The molecule has 0 saturated carbocycles. The Morgan fingerprint density at radius 2 is 1.80 bits per heavy atom. The van der Waals surface area contributed by atoms with E-state index in [1.807, 2.05) is 0 Å². The summed E-state index contributed by atoms with van der Waals surface area (Å²) >= 11 is 0. The number of hydrogen-bond donors (Lipinski definition) is 2. The van der Waals surface area contributed by atoms with Gasteiger partial charge in [0, 0.05) is 50.7 Å². The van der Waals surface area contributed by atoms with Crippen molar-refractivity contribution < 1.29 is 4.79 Å². The van der Waals surface area contributed by atoms with Gasteiger partial charge in [-0.05, 0) is 57.3 Å². The van der Waals surface area contributed by atoms with Crippen molar-refractivity contribution in [2.75, 3.05) is 45.8 Å². The van der Waals surface area contributed by atoms with E-state index >= 15 is 0 Å². The maximum Gasteiger partial charge on any atom is 0.226 e. The second-order valence-corrected chi connectivity index (χ2v) is 9.79. The molecule has 4 heterocycles. The summed E-state index contributed by atoms with van der Waals surface area (Å²) in [6.07, 6.45) is 5.80. The van der Waals surface area contributed by atoms with Gasteiger partial charge in [0.1, 0.15) is 0 Å². The molecule has 0 radical (unpaired) electrons. The lowest BCUT2D eigenvalue weighted by atomic mass is 9.90. The molecule has 0 aromatic heterocycles.